The molecule has 1 aromatic rings. The van der Waals surface area contributed by atoms with Gasteiger partial charge in [0.1, 0.15) is 0 Å². The molecule has 1 rings (SSSR count). The molecule has 110 valence electrons. The van der Waals surface area contributed by atoms with Crippen molar-refractivity contribution >= 4 is 11.9 Å². The molecule has 0 fully saturated rings. The predicted molar refractivity (Wildman–Crippen MR) is 67.7 cm³/mol. The Hall–Kier alpha value is -2.35. The number of nitrogens with one attached hydrogen (secondary N) is 1. The zero-order chi connectivity index (χ0) is 15.1. The maximum Gasteiger partial charge on any atom is 0.330 e. The largest absolute Gasteiger partial charge is 0.493 e. The molecular weight excluding hydrogens is 268 g/mol. The summed E-state index contributed by atoms with van der Waals surface area (Å²) in [5, 5.41) is 11.4. The number of aliphatic hydroxyl groups is 1. The van der Waals surface area contributed by atoms with E-state index in [1.165, 1.54) is 26.5 Å². The number of hydrogen-bond donors (Lipinski definition) is 2. The van der Waals surface area contributed by atoms with Crippen LogP contribution in [0.4, 0.5) is 0 Å². The number of nitrogens with zero attached hydrogens (tertiary/aromatic N) is 1. The first kappa shape index (κ1) is 15.7. The summed E-state index contributed by atoms with van der Waals surface area (Å²) < 4.78 is 14.6. The lowest BCUT2D eigenvalue weighted by molar-refractivity contribution is -0.143. The first-order valence-corrected chi connectivity index (χ1v) is 5.65. The molecule has 0 radical (unpaired) electrons. The smallest absolute Gasteiger partial charge is 0.330 e. The van der Waals surface area contributed by atoms with Crippen molar-refractivity contribution in [1.29, 1.82) is 0 Å². The molecule has 0 saturated carbocycles. The Bertz CT molecular complexity index is 491. The van der Waals surface area contributed by atoms with Gasteiger partial charge in [0.05, 0.1) is 27.9 Å². The average molecular weight is 284 g/mol. The van der Waals surface area contributed by atoms with Crippen molar-refractivity contribution in [3.8, 4) is 11.5 Å². The van der Waals surface area contributed by atoms with Gasteiger partial charge in [-0.3, -0.25) is 4.79 Å². The van der Waals surface area contributed by atoms with Crippen molar-refractivity contribution in [2.75, 3.05) is 27.9 Å². The van der Waals surface area contributed by atoms with Gasteiger partial charge in [0, 0.05) is 12.3 Å². The van der Waals surface area contributed by atoms with Gasteiger partial charge in [-0.1, -0.05) is 0 Å². The highest BCUT2D eigenvalue weighted by atomic mass is 16.5. The molecule has 0 saturated heterocycles. The molecule has 8 nitrogen and oxygen atoms in total. The van der Waals surface area contributed by atoms with Crippen LogP contribution in [-0.2, 0) is 9.53 Å². The maximum atomic E-state index is 12.1. The Labute approximate surface area is 115 Å². The predicted octanol–water partition coefficient (Wildman–Crippen LogP) is -0.637. The monoisotopic (exact) mass is 284 g/mol. The molecule has 0 aliphatic rings. The van der Waals surface area contributed by atoms with Crippen molar-refractivity contribution in [2.45, 2.75) is 6.04 Å². The molecule has 1 atom stereocenters. The number of esters is 1. The minimum Gasteiger partial charge on any atom is -0.493 e. The lowest BCUT2D eigenvalue weighted by atomic mass is 10.2. The van der Waals surface area contributed by atoms with Gasteiger partial charge >= 0.3 is 5.97 Å². The van der Waals surface area contributed by atoms with Crippen molar-refractivity contribution in [1.82, 2.24) is 10.3 Å². The van der Waals surface area contributed by atoms with Gasteiger partial charge in [-0.05, 0) is 0 Å². The van der Waals surface area contributed by atoms with Crippen LogP contribution in [0.3, 0.4) is 0 Å². The molecule has 0 aromatic carbocycles. The Kier molecular flexibility index (Phi) is 5.73. The molecule has 0 unspecified atom stereocenters. The van der Waals surface area contributed by atoms with Gasteiger partial charge in [0.2, 0.25) is 0 Å². The fourth-order valence-electron chi connectivity index (χ4n) is 1.50. The minimum atomic E-state index is -1.18. The molecule has 20 heavy (non-hydrogen) atoms. The van der Waals surface area contributed by atoms with E-state index in [1.54, 1.807) is 0 Å². The summed E-state index contributed by atoms with van der Waals surface area (Å²) in [6, 6.07) is 0.351. The number of ether oxygens (including phenoxy) is 3. The molecule has 1 aromatic heterocycles. The minimum absolute atomic E-state index is 0.0609. The van der Waals surface area contributed by atoms with E-state index in [0.717, 1.165) is 7.11 Å². The molecule has 1 heterocycles. The van der Waals surface area contributed by atoms with E-state index < -0.39 is 24.5 Å². The van der Waals surface area contributed by atoms with Crippen LogP contribution in [0.1, 0.15) is 10.5 Å². The summed E-state index contributed by atoms with van der Waals surface area (Å²) in [5.41, 5.74) is -0.0609. The van der Waals surface area contributed by atoms with Crippen LogP contribution in [0, 0.1) is 0 Å². The summed E-state index contributed by atoms with van der Waals surface area (Å²) in [6.45, 7) is -0.593. The van der Waals surface area contributed by atoms with Gasteiger partial charge in [-0.2, -0.15) is 0 Å². The molecule has 0 aliphatic carbocycles. The van der Waals surface area contributed by atoms with E-state index in [2.05, 4.69) is 15.0 Å². The lowest BCUT2D eigenvalue weighted by Crippen LogP contribution is -2.44. The van der Waals surface area contributed by atoms with Crippen LogP contribution in [-0.4, -0.2) is 55.9 Å². The summed E-state index contributed by atoms with van der Waals surface area (Å²) >= 11 is 0. The average Bonchev–Trinajstić information content (AvgIpc) is 2.50. The van der Waals surface area contributed by atoms with Crippen LogP contribution in [0.2, 0.25) is 0 Å². The van der Waals surface area contributed by atoms with E-state index in [4.69, 9.17) is 14.6 Å². The van der Waals surface area contributed by atoms with Crippen molar-refractivity contribution in [2.24, 2.45) is 0 Å². The Morgan fingerprint density at radius 1 is 1.35 bits per heavy atom. The second-order valence-electron chi connectivity index (χ2n) is 3.63. The summed E-state index contributed by atoms with van der Waals surface area (Å²) in [6.07, 6.45) is 1.36. The fourth-order valence-corrected chi connectivity index (χ4v) is 1.50. The van der Waals surface area contributed by atoms with Crippen LogP contribution in [0.5, 0.6) is 11.5 Å². The third kappa shape index (κ3) is 3.35. The number of aromatic nitrogens is 1. The van der Waals surface area contributed by atoms with Gasteiger partial charge in [0.25, 0.3) is 5.91 Å². The first-order valence-electron chi connectivity index (χ1n) is 5.65. The number of hydrogen-bond acceptors (Lipinski definition) is 7. The van der Waals surface area contributed by atoms with Crippen molar-refractivity contribution in [3.63, 3.8) is 0 Å². The Morgan fingerprint density at radius 3 is 2.55 bits per heavy atom. The highest BCUT2D eigenvalue weighted by Gasteiger charge is 2.25. The quantitative estimate of drug-likeness (QED) is 0.669. The third-order valence-corrected chi connectivity index (χ3v) is 2.48. The van der Waals surface area contributed by atoms with Crippen LogP contribution in [0.25, 0.3) is 0 Å². The second-order valence-corrected chi connectivity index (χ2v) is 3.63. The SMILES string of the molecule is COC(=O)[C@H](CO)NC(=O)c1nccc(OC)c1OC. The summed E-state index contributed by atoms with van der Waals surface area (Å²) in [7, 11) is 3.94. The van der Waals surface area contributed by atoms with Crippen molar-refractivity contribution < 1.29 is 28.9 Å². The van der Waals surface area contributed by atoms with E-state index in [9.17, 15) is 9.59 Å². The highest BCUT2D eigenvalue weighted by molar-refractivity contribution is 5.98. The molecule has 0 aliphatic heterocycles. The third-order valence-electron chi connectivity index (χ3n) is 2.48. The van der Waals surface area contributed by atoms with E-state index >= 15 is 0 Å². The number of aliphatic hydroxyl groups excluding tert-OH is 1. The van der Waals surface area contributed by atoms with E-state index in [-0.39, 0.29) is 11.4 Å². The fraction of sp³-hybridized carbons (Fsp3) is 0.417. The molecule has 0 spiro atoms. The number of methoxy groups -OCH3 is 3. The van der Waals surface area contributed by atoms with Gasteiger partial charge < -0.3 is 24.6 Å². The molecule has 8 heteroatoms. The normalized spacial score (nSPS) is 11.4. The number of rotatable bonds is 6. The van der Waals surface area contributed by atoms with Gasteiger partial charge in [-0.25, -0.2) is 9.78 Å². The van der Waals surface area contributed by atoms with Crippen LogP contribution >= 0.6 is 0 Å². The summed E-state index contributed by atoms with van der Waals surface area (Å²) in [5.74, 6) is -0.992. The Morgan fingerprint density at radius 2 is 2.05 bits per heavy atom. The van der Waals surface area contributed by atoms with Crippen LogP contribution in [0.15, 0.2) is 12.3 Å². The molecular formula is C12H16N2O6. The number of amides is 1. The number of pyridine rings is 1. The zero-order valence-corrected chi connectivity index (χ0v) is 11.4. The molecule has 2 N–H and O–H groups in total. The van der Waals surface area contributed by atoms with Crippen LogP contribution < -0.4 is 14.8 Å². The van der Waals surface area contributed by atoms with Crippen molar-refractivity contribution in [3.05, 3.63) is 18.0 Å². The maximum absolute atomic E-state index is 12.1. The second kappa shape index (κ2) is 7.29. The van der Waals surface area contributed by atoms with Gasteiger partial charge in [-0.15, -0.1) is 0 Å². The zero-order valence-electron chi connectivity index (χ0n) is 11.4. The summed E-state index contributed by atoms with van der Waals surface area (Å²) in [4.78, 5) is 27.2. The number of carbonyl (C=O) groups is 2. The Balaban J connectivity index is 3.00. The standard InChI is InChI=1S/C12H16N2O6/c1-18-8-4-5-13-9(10(8)19-2)11(16)14-7(6-15)12(17)20-3/h4-5,7,15H,6H2,1-3H3,(H,14,16)/t7-/m0/s1. The lowest BCUT2D eigenvalue weighted by Gasteiger charge is -2.15. The highest BCUT2D eigenvalue weighted by Crippen LogP contribution is 2.28. The van der Waals surface area contributed by atoms with E-state index in [1.807, 2.05) is 0 Å². The van der Waals surface area contributed by atoms with E-state index in [0.29, 0.717) is 5.75 Å². The molecule has 1 amide bonds. The first-order chi connectivity index (χ1) is 9.58. The topological polar surface area (TPSA) is 107 Å². The number of carbonyl (C=O) groups excluding carboxylic acids is 2. The molecule has 0 bridgehead atoms. The van der Waals surface area contributed by atoms with Gasteiger partial charge in [0.15, 0.2) is 23.2 Å².